The molecule has 100 valence electrons. The molecule has 0 aliphatic heterocycles. The average Bonchev–Trinajstić information content (AvgIpc) is 2.81. The second-order valence-electron chi connectivity index (χ2n) is 4.02. The molecule has 19 heavy (non-hydrogen) atoms. The largest absolute Gasteiger partial charge is 0.484 e. The van der Waals surface area contributed by atoms with Gasteiger partial charge in [-0.3, -0.25) is 4.79 Å². The number of carbonyl (C=O) groups excluding carboxylic acids is 1. The molecule has 1 aromatic carbocycles. The van der Waals surface area contributed by atoms with Crippen molar-refractivity contribution in [3.63, 3.8) is 0 Å². The molecule has 0 atom stereocenters. The van der Waals surface area contributed by atoms with Crippen LogP contribution in [0.3, 0.4) is 0 Å². The quantitative estimate of drug-likeness (QED) is 0.845. The van der Waals surface area contributed by atoms with Crippen LogP contribution in [0.2, 0.25) is 0 Å². The number of nitrogens with one attached hydrogen (secondary N) is 1. The molecule has 5 nitrogen and oxygen atoms in total. The second-order valence-corrected chi connectivity index (χ2v) is 4.96. The van der Waals surface area contributed by atoms with Crippen molar-refractivity contribution in [2.24, 2.45) is 5.73 Å². The summed E-state index contributed by atoms with van der Waals surface area (Å²) in [5.41, 5.74) is 7.01. The van der Waals surface area contributed by atoms with Crippen LogP contribution in [0.5, 0.6) is 5.75 Å². The minimum absolute atomic E-state index is 0.106. The van der Waals surface area contributed by atoms with Gasteiger partial charge < -0.3 is 15.8 Å². The zero-order valence-electron chi connectivity index (χ0n) is 10.6. The summed E-state index contributed by atoms with van der Waals surface area (Å²) in [5, 5.41) is 6.34. The Morgan fingerprint density at radius 2 is 2.16 bits per heavy atom. The first-order valence-electron chi connectivity index (χ1n) is 5.79. The van der Waals surface area contributed by atoms with Crippen LogP contribution in [0.1, 0.15) is 10.7 Å². The zero-order chi connectivity index (χ0) is 13.7. The third-order valence-electron chi connectivity index (χ3n) is 2.35. The molecule has 0 radical (unpaired) electrons. The van der Waals surface area contributed by atoms with Gasteiger partial charge in [0.1, 0.15) is 10.8 Å². The normalized spacial score (nSPS) is 10.2. The summed E-state index contributed by atoms with van der Waals surface area (Å²) in [7, 11) is 0. The van der Waals surface area contributed by atoms with Crippen molar-refractivity contribution in [3.8, 4) is 5.75 Å². The minimum atomic E-state index is -0.485. The first kappa shape index (κ1) is 13.4. The fourth-order valence-electron chi connectivity index (χ4n) is 1.49. The van der Waals surface area contributed by atoms with E-state index in [2.05, 4.69) is 10.3 Å². The lowest BCUT2D eigenvalue weighted by Crippen LogP contribution is -2.19. The molecule has 3 N–H and O–H groups in total. The van der Waals surface area contributed by atoms with Gasteiger partial charge in [0.05, 0.1) is 6.54 Å². The predicted molar refractivity (Wildman–Crippen MR) is 75.3 cm³/mol. The predicted octanol–water partition coefficient (Wildman–Crippen LogP) is 1.93. The first-order chi connectivity index (χ1) is 9.13. The Morgan fingerprint density at radius 1 is 1.42 bits per heavy atom. The number of hydrogen-bond acceptors (Lipinski definition) is 5. The maximum Gasteiger partial charge on any atom is 0.255 e. The summed E-state index contributed by atoms with van der Waals surface area (Å²) in [5.74, 6) is 0.135. The molecule has 6 heteroatoms. The average molecular weight is 277 g/mol. The highest BCUT2D eigenvalue weighted by atomic mass is 32.1. The van der Waals surface area contributed by atoms with Crippen molar-refractivity contribution in [2.75, 3.05) is 11.9 Å². The van der Waals surface area contributed by atoms with Gasteiger partial charge in [-0.1, -0.05) is 0 Å². The van der Waals surface area contributed by atoms with E-state index in [1.807, 2.05) is 24.4 Å². The lowest BCUT2D eigenvalue weighted by molar-refractivity contribution is -0.119. The number of amides is 1. The summed E-state index contributed by atoms with van der Waals surface area (Å²) in [6.07, 6.45) is 0. The van der Waals surface area contributed by atoms with E-state index in [1.54, 1.807) is 23.5 Å². The number of ether oxygens (including phenoxy) is 1. The monoisotopic (exact) mass is 277 g/mol. The summed E-state index contributed by atoms with van der Waals surface area (Å²) < 4.78 is 5.18. The van der Waals surface area contributed by atoms with Crippen molar-refractivity contribution in [3.05, 3.63) is 40.3 Å². The van der Waals surface area contributed by atoms with E-state index in [0.717, 1.165) is 16.4 Å². The van der Waals surface area contributed by atoms with Crippen molar-refractivity contribution >= 4 is 22.9 Å². The van der Waals surface area contributed by atoms with Gasteiger partial charge in [0, 0.05) is 16.8 Å². The number of primary amides is 1. The van der Waals surface area contributed by atoms with Crippen molar-refractivity contribution in [2.45, 2.75) is 13.5 Å². The molecule has 1 aromatic heterocycles. The van der Waals surface area contributed by atoms with Crippen LogP contribution in [0.15, 0.2) is 29.6 Å². The second kappa shape index (κ2) is 6.19. The molecule has 0 aliphatic carbocycles. The molecule has 0 spiro atoms. The zero-order valence-corrected chi connectivity index (χ0v) is 11.4. The van der Waals surface area contributed by atoms with Crippen molar-refractivity contribution in [1.29, 1.82) is 0 Å². The third kappa shape index (κ3) is 4.26. The van der Waals surface area contributed by atoms with Gasteiger partial charge in [-0.25, -0.2) is 4.98 Å². The van der Waals surface area contributed by atoms with Crippen LogP contribution in [-0.4, -0.2) is 17.5 Å². The number of benzene rings is 1. The molecular formula is C13H15N3O2S. The first-order valence-corrected chi connectivity index (χ1v) is 6.67. The molecule has 0 saturated heterocycles. The van der Waals surface area contributed by atoms with E-state index < -0.39 is 5.91 Å². The Labute approximate surface area is 115 Å². The Hall–Kier alpha value is -2.08. The number of thiazole rings is 1. The van der Waals surface area contributed by atoms with Crippen LogP contribution >= 0.6 is 11.3 Å². The van der Waals surface area contributed by atoms with Gasteiger partial charge in [0.25, 0.3) is 5.91 Å². The fraction of sp³-hybridized carbons (Fsp3) is 0.231. The standard InChI is InChI=1S/C13H15N3O2S/c1-9-8-19-13(16-9)6-15-10-2-4-11(5-3-10)18-7-12(14)17/h2-5,8,15H,6-7H2,1H3,(H2,14,17). The summed E-state index contributed by atoms with van der Waals surface area (Å²) in [6, 6.07) is 7.35. The number of aryl methyl sites for hydroxylation is 1. The van der Waals surface area contributed by atoms with Gasteiger partial charge in [0.15, 0.2) is 6.61 Å². The fourth-order valence-corrected chi connectivity index (χ4v) is 2.20. The van der Waals surface area contributed by atoms with Gasteiger partial charge in [-0.2, -0.15) is 0 Å². The third-order valence-corrected chi connectivity index (χ3v) is 3.31. The number of carbonyl (C=O) groups is 1. The van der Waals surface area contributed by atoms with E-state index in [9.17, 15) is 4.79 Å². The molecular weight excluding hydrogens is 262 g/mol. The van der Waals surface area contributed by atoms with Crippen LogP contribution in [0.4, 0.5) is 5.69 Å². The minimum Gasteiger partial charge on any atom is -0.484 e. The van der Waals surface area contributed by atoms with E-state index in [0.29, 0.717) is 12.3 Å². The molecule has 0 saturated carbocycles. The van der Waals surface area contributed by atoms with E-state index in [4.69, 9.17) is 10.5 Å². The van der Waals surface area contributed by atoms with Gasteiger partial charge in [-0.05, 0) is 31.2 Å². The van der Waals surface area contributed by atoms with E-state index >= 15 is 0 Å². The molecule has 2 aromatic rings. The maximum absolute atomic E-state index is 10.6. The van der Waals surface area contributed by atoms with Crippen molar-refractivity contribution in [1.82, 2.24) is 4.98 Å². The Balaban J connectivity index is 1.86. The van der Waals surface area contributed by atoms with Crippen LogP contribution in [0, 0.1) is 6.92 Å². The maximum atomic E-state index is 10.6. The number of hydrogen-bond donors (Lipinski definition) is 2. The number of anilines is 1. The lowest BCUT2D eigenvalue weighted by Gasteiger charge is -2.06. The van der Waals surface area contributed by atoms with Crippen LogP contribution < -0.4 is 15.8 Å². The number of aromatic nitrogens is 1. The highest BCUT2D eigenvalue weighted by molar-refractivity contribution is 7.09. The molecule has 0 aliphatic rings. The molecule has 1 amide bonds. The smallest absolute Gasteiger partial charge is 0.255 e. The topological polar surface area (TPSA) is 77.2 Å². The SMILES string of the molecule is Cc1csc(CNc2ccc(OCC(N)=O)cc2)n1. The van der Waals surface area contributed by atoms with Crippen LogP contribution in [-0.2, 0) is 11.3 Å². The Bertz CT molecular complexity index is 551. The van der Waals surface area contributed by atoms with E-state index in [-0.39, 0.29) is 6.61 Å². The highest BCUT2D eigenvalue weighted by Gasteiger charge is 2.00. The van der Waals surface area contributed by atoms with Gasteiger partial charge in [0.2, 0.25) is 0 Å². The van der Waals surface area contributed by atoms with Crippen molar-refractivity contribution < 1.29 is 9.53 Å². The molecule has 0 unspecified atom stereocenters. The highest BCUT2D eigenvalue weighted by Crippen LogP contribution is 2.17. The van der Waals surface area contributed by atoms with Gasteiger partial charge in [-0.15, -0.1) is 11.3 Å². The number of nitrogens with zero attached hydrogens (tertiary/aromatic N) is 1. The van der Waals surface area contributed by atoms with Gasteiger partial charge >= 0.3 is 0 Å². The Kier molecular flexibility index (Phi) is 4.35. The molecule has 0 bridgehead atoms. The van der Waals surface area contributed by atoms with E-state index in [1.165, 1.54) is 0 Å². The molecule has 0 fully saturated rings. The Morgan fingerprint density at radius 3 is 2.74 bits per heavy atom. The van der Waals surface area contributed by atoms with Crippen LogP contribution in [0.25, 0.3) is 0 Å². The molecule has 1 heterocycles. The molecule has 2 rings (SSSR count). The summed E-state index contributed by atoms with van der Waals surface area (Å²) in [6.45, 7) is 2.57. The summed E-state index contributed by atoms with van der Waals surface area (Å²) >= 11 is 1.63. The summed E-state index contributed by atoms with van der Waals surface area (Å²) in [4.78, 5) is 15.0. The number of nitrogens with two attached hydrogens (primary N) is 1. The number of rotatable bonds is 6. The lowest BCUT2D eigenvalue weighted by atomic mass is 10.3.